The van der Waals surface area contributed by atoms with E-state index in [4.69, 9.17) is 0 Å². The van der Waals surface area contributed by atoms with Crippen molar-refractivity contribution in [3.8, 4) is 0 Å². The Bertz CT molecular complexity index is 1050. The second-order valence-electron chi connectivity index (χ2n) is 6.72. The number of aromatic nitrogens is 4. The Hall–Kier alpha value is -2.48. The van der Waals surface area contributed by atoms with E-state index >= 15 is 0 Å². The Labute approximate surface area is 154 Å². The minimum absolute atomic E-state index is 0.112. The topological polar surface area (TPSA) is 104 Å². The number of fused-ring (bicyclic) bond motifs is 2. The lowest BCUT2D eigenvalue weighted by atomic mass is 9.96. The molecule has 136 valence electrons. The molecule has 0 atom stereocenters. The first-order valence-electron chi connectivity index (χ1n) is 8.88. The van der Waals surface area contributed by atoms with E-state index in [2.05, 4.69) is 25.5 Å². The van der Waals surface area contributed by atoms with Crippen molar-refractivity contribution in [1.29, 1.82) is 0 Å². The minimum Gasteiger partial charge on any atom is -0.350 e. The lowest BCUT2D eigenvalue weighted by Crippen LogP contribution is -2.28. The Balaban J connectivity index is 1.45. The normalized spacial score (nSPS) is 13.8. The standard InChI is InChI=1S/C18H21N5O2S/c1-9-10(2)26-18-14(9)16(24)20-13(21-18)7-8-19-17(25)15-11-5-3-4-6-12(11)22-23-15/h3-8H2,1-2H3,(H,19,25)(H,22,23)(H,20,21,24). The van der Waals surface area contributed by atoms with Crippen molar-refractivity contribution in [2.45, 2.75) is 46.0 Å². The SMILES string of the molecule is Cc1sc2nc(CCNC(=O)c3n[nH]c4c3CCCC4)[nH]c(=O)c2c1C. The van der Waals surface area contributed by atoms with Gasteiger partial charge in [-0.2, -0.15) is 5.10 Å². The first-order valence-corrected chi connectivity index (χ1v) is 9.69. The number of nitrogens with one attached hydrogen (secondary N) is 3. The molecular weight excluding hydrogens is 350 g/mol. The van der Waals surface area contributed by atoms with Gasteiger partial charge >= 0.3 is 0 Å². The van der Waals surface area contributed by atoms with Gasteiger partial charge < -0.3 is 10.3 Å². The highest BCUT2D eigenvalue weighted by atomic mass is 32.1. The number of carbonyl (C=O) groups excluding carboxylic acids is 1. The van der Waals surface area contributed by atoms with E-state index in [1.807, 2.05) is 13.8 Å². The number of H-pyrrole nitrogens is 2. The van der Waals surface area contributed by atoms with E-state index in [9.17, 15) is 9.59 Å². The average Bonchev–Trinajstić information content (AvgIpc) is 3.16. The van der Waals surface area contributed by atoms with Crippen molar-refractivity contribution in [1.82, 2.24) is 25.5 Å². The van der Waals surface area contributed by atoms with Gasteiger partial charge in [-0.25, -0.2) is 4.98 Å². The maximum absolute atomic E-state index is 12.4. The first kappa shape index (κ1) is 17.0. The smallest absolute Gasteiger partial charge is 0.272 e. The molecule has 0 saturated heterocycles. The largest absolute Gasteiger partial charge is 0.350 e. The van der Waals surface area contributed by atoms with Gasteiger partial charge in [0.1, 0.15) is 10.7 Å². The van der Waals surface area contributed by atoms with Crippen molar-refractivity contribution in [3.63, 3.8) is 0 Å². The Morgan fingerprint density at radius 2 is 2.08 bits per heavy atom. The lowest BCUT2D eigenvalue weighted by molar-refractivity contribution is 0.0948. The number of aryl methyl sites for hydroxylation is 3. The zero-order valence-electron chi connectivity index (χ0n) is 14.9. The number of hydrogen-bond donors (Lipinski definition) is 3. The van der Waals surface area contributed by atoms with Gasteiger partial charge in [0.2, 0.25) is 0 Å². The zero-order chi connectivity index (χ0) is 18.3. The highest BCUT2D eigenvalue weighted by Crippen LogP contribution is 2.25. The van der Waals surface area contributed by atoms with Gasteiger partial charge in [0.05, 0.1) is 5.39 Å². The van der Waals surface area contributed by atoms with Crippen LogP contribution in [0.3, 0.4) is 0 Å². The molecule has 7 nitrogen and oxygen atoms in total. The van der Waals surface area contributed by atoms with Crippen molar-refractivity contribution in [3.05, 3.63) is 43.6 Å². The molecule has 8 heteroatoms. The van der Waals surface area contributed by atoms with Crippen molar-refractivity contribution in [2.75, 3.05) is 6.54 Å². The van der Waals surface area contributed by atoms with Crippen LogP contribution in [0, 0.1) is 13.8 Å². The fraction of sp³-hybridized carbons (Fsp3) is 0.444. The molecule has 3 aromatic heterocycles. The van der Waals surface area contributed by atoms with E-state index in [1.165, 1.54) is 11.3 Å². The number of amides is 1. The van der Waals surface area contributed by atoms with Crippen LogP contribution in [-0.2, 0) is 19.3 Å². The third kappa shape index (κ3) is 2.94. The molecule has 1 amide bonds. The van der Waals surface area contributed by atoms with Crippen molar-refractivity contribution in [2.24, 2.45) is 0 Å². The number of thiophene rings is 1. The van der Waals surface area contributed by atoms with E-state index in [-0.39, 0.29) is 11.5 Å². The Morgan fingerprint density at radius 3 is 2.92 bits per heavy atom. The summed E-state index contributed by atoms with van der Waals surface area (Å²) in [5.41, 5.74) is 3.51. The molecule has 26 heavy (non-hydrogen) atoms. The summed E-state index contributed by atoms with van der Waals surface area (Å²) < 4.78 is 0. The predicted molar refractivity (Wildman–Crippen MR) is 101 cm³/mol. The molecule has 0 aromatic carbocycles. The van der Waals surface area contributed by atoms with Crippen molar-refractivity contribution >= 4 is 27.5 Å². The second kappa shape index (κ2) is 6.68. The summed E-state index contributed by atoms with van der Waals surface area (Å²) in [6, 6.07) is 0. The summed E-state index contributed by atoms with van der Waals surface area (Å²) in [7, 11) is 0. The van der Waals surface area contributed by atoms with Gasteiger partial charge in [-0.05, 0) is 45.1 Å². The third-order valence-corrected chi connectivity index (χ3v) is 6.11. The number of rotatable bonds is 4. The molecule has 0 bridgehead atoms. The number of aromatic amines is 2. The number of hydrogen-bond acceptors (Lipinski definition) is 5. The van der Waals surface area contributed by atoms with E-state index in [1.54, 1.807) is 0 Å². The average molecular weight is 371 g/mol. The third-order valence-electron chi connectivity index (χ3n) is 5.01. The van der Waals surface area contributed by atoms with Gasteiger partial charge in [0.15, 0.2) is 5.69 Å². The Kier molecular flexibility index (Phi) is 4.36. The lowest BCUT2D eigenvalue weighted by Gasteiger charge is -2.11. The van der Waals surface area contributed by atoms with Crippen molar-refractivity contribution < 1.29 is 4.79 Å². The molecule has 4 rings (SSSR count). The summed E-state index contributed by atoms with van der Waals surface area (Å²) >= 11 is 1.53. The minimum atomic E-state index is -0.171. The summed E-state index contributed by atoms with van der Waals surface area (Å²) in [6.45, 7) is 4.33. The highest BCUT2D eigenvalue weighted by Gasteiger charge is 2.21. The van der Waals surface area contributed by atoms with Crippen LogP contribution in [0.15, 0.2) is 4.79 Å². The quantitative estimate of drug-likeness (QED) is 0.654. The van der Waals surface area contributed by atoms with Crippen LogP contribution < -0.4 is 10.9 Å². The molecule has 1 aliphatic carbocycles. The summed E-state index contributed by atoms with van der Waals surface area (Å²) in [5.74, 6) is 0.420. The molecule has 0 aliphatic heterocycles. The fourth-order valence-corrected chi connectivity index (χ4v) is 4.51. The molecule has 0 fully saturated rings. The molecule has 1 aliphatic rings. The zero-order valence-corrected chi connectivity index (χ0v) is 15.7. The molecule has 3 N–H and O–H groups in total. The molecular formula is C18H21N5O2S. The maximum Gasteiger partial charge on any atom is 0.272 e. The van der Waals surface area contributed by atoms with Crippen LogP contribution in [0.4, 0.5) is 0 Å². The van der Waals surface area contributed by atoms with Gasteiger partial charge in [0, 0.05) is 29.1 Å². The van der Waals surface area contributed by atoms with Gasteiger partial charge in [0.25, 0.3) is 11.5 Å². The van der Waals surface area contributed by atoms with Crippen LogP contribution in [0.2, 0.25) is 0 Å². The summed E-state index contributed by atoms with van der Waals surface area (Å²) in [4.78, 5) is 33.9. The maximum atomic E-state index is 12.4. The Morgan fingerprint density at radius 1 is 1.27 bits per heavy atom. The van der Waals surface area contributed by atoms with Gasteiger partial charge in [-0.3, -0.25) is 14.7 Å². The van der Waals surface area contributed by atoms with Gasteiger partial charge in [-0.15, -0.1) is 11.3 Å². The fourth-order valence-electron chi connectivity index (χ4n) is 3.46. The van der Waals surface area contributed by atoms with Crippen LogP contribution in [0.5, 0.6) is 0 Å². The number of nitrogens with zero attached hydrogens (tertiary/aromatic N) is 2. The van der Waals surface area contributed by atoms with E-state index in [0.29, 0.717) is 29.9 Å². The summed E-state index contributed by atoms with van der Waals surface area (Å²) in [6.07, 6.45) is 4.56. The van der Waals surface area contributed by atoms with Crippen LogP contribution >= 0.6 is 11.3 Å². The van der Waals surface area contributed by atoms with Crippen LogP contribution in [-0.4, -0.2) is 32.6 Å². The second-order valence-corrected chi connectivity index (χ2v) is 7.92. The molecule has 3 heterocycles. The molecule has 0 spiro atoms. The van der Waals surface area contributed by atoms with Crippen LogP contribution in [0.1, 0.15) is 50.9 Å². The molecule has 3 aromatic rings. The van der Waals surface area contributed by atoms with Gasteiger partial charge in [-0.1, -0.05) is 0 Å². The predicted octanol–water partition coefficient (Wildman–Crippen LogP) is 2.18. The van der Waals surface area contributed by atoms with E-state index in [0.717, 1.165) is 52.2 Å². The monoisotopic (exact) mass is 371 g/mol. The highest BCUT2D eigenvalue weighted by molar-refractivity contribution is 7.18. The number of carbonyl (C=O) groups is 1. The molecule has 0 unspecified atom stereocenters. The molecule has 0 radical (unpaired) electrons. The van der Waals surface area contributed by atoms with Crippen LogP contribution in [0.25, 0.3) is 10.2 Å². The van der Waals surface area contributed by atoms with E-state index < -0.39 is 0 Å². The summed E-state index contributed by atoms with van der Waals surface area (Å²) in [5, 5.41) is 10.7. The molecule has 0 saturated carbocycles. The first-order chi connectivity index (χ1) is 12.5.